The maximum Gasteiger partial charge on any atom is 0.291 e. The number of aryl methyl sites for hydroxylation is 1. The largest absolute Gasteiger partial charge is 0.459 e. The van der Waals surface area contributed by atoms with Gasteiger partial charge in [-0.25, -0.2) is 0 Å². The highest BCUT2D eigenvalue weighted by Crippen LogP contribution is 2.40. The molecule has 0 saturated heterocycles. The van der Waals surface area contributed by atoms with E-state index in [1.54, 1.807) is 18.2 Å². The van der Waals surface area contributed by atoms with Crippen LogP contribution < -0.4 is 10.6 Å². The van der Waals surface area contributed by atoms with Crippen molar-refractivity contribution in [2.45, 2.75) is 57.9 Å². The molecule has 0 bridgehead atoms. The molecule has 2 aromatic rings. The Kier molecular flexibility index (Phi) is 5.51. The molecule has 148 valence electrons. The first-order valence-electron chi connectivity index (χ1n) is 10.4. The molecular weight excluding hydrogens is 352 g/mol. The predicted molar refractivity (Wildman–Crippen MR) is 108 cm³/mol. The Morgan fingerprint density at radius 2 is 1.82 bits per heavy atom. The van der Waals surface area contributed by atoms with Crippen molar-refractivity contribution in [3.05, 3.63) is 53.5 Å². The van der Waals surface area contributed by atoms with Crippen molar-refractivity contribution in [1.29, 1.82) is 0 Å². The Morgan fingerprint density at radius 3 is 2.61 bits per heavy atom. The van der Waals surface area contributed by atoms with Crippen molar-refractivity contribution in [3.8, 4) is 0 Å². The van der Waals surface area contributed by atoms with Crippen molar-refractivity contribution < 1.29 is 14.0 Å². The number of anilines is 1. The minimum atomic E-state index is -0.318. The van der Waals surface area contributed by atoms with Gasteiger partial charge in [-0.3, -0.25) is 9.59 Å². The normalized spacial score (nSPS) is 24.2. The molecule has 28 heavy (non-hydrogen) atoms. The summed E-state index contributed by atoms with van der Waals surface area (Å²) in [6.45, 7) is 1.91. The van der Waals surface area contributed by atoms with Gasteiger partial charge in [0.1, 0.15) is 0 Å². The monoisotopic (exact) mass is 380 g/mol. The van der Waals surface area contributed by atoms with Gasteiger partial charge in [0.2, 0.25) is 0 Å². The Morgan fingerprint density at radius 1 is 1.00 bits per heavy atom. The van der Waals surface area contributed by atoms with Crippen LogP contribution in [0.3, 0.4) is 0 Å². The predicted octanol–water partition coefficient (Wildman–Crippen LogP) is 4.93. The summed E-state index contributed by atoms with van der Waals surface area (Å²) >= 11 is 0. The molecule has 0 radical (unpaired) electrons. The summed E-state index contributed by atoms with van der Waals surface area (Å²) in [5, 5.41) is 6.06. The number of amides is 2. The van der Waals surface area contributed by atoms with Crippen LogP contribution in [0.4, 0.5) is 5.69 Å². The van der Waals surface area contributed by atoms with E-state index >= 15 is 0 Å². The van der Waals surface area contributed by atoms with E-state index in [-0.39, 0.29) is 23.6 Å². The smallest absolute Gasteiger partial charge is 0.291 e. The standard InChI is InChI=1S/C23H28N2O3/c1-15-8-9-18(14-20(15)25-23(27)21-7-4-12-28-21)22(26)24-19-11-10-16-5-2-3-6-17(16)13-19/h4,7-9,12,14,16-17,19H,2-3,5-6,10-11,13H2,1H3,(H,24,26)(H,25,27). The van der Waals surface area contributed by atoms with Crippen molar-refractivity contribution in [3.63, 3.8) is 0 Å². The molecule has 1 aromatic carbocycles. The molecule has 2 saturated carbocycles. The van der Waals surface area contributed by atoms with Gasteiger partial charge in [-0.2, -0.15) is 0 Å². The van der Waals surface area contributed by atoms with Crippen LogP contribution >= 0.6 is 0 Å². The van der Waals surface area contributed by atoms with E-state index in [1.165, 1.54) is 38.4 Å². The second-order valence-electron chi connectivity index (χ2n) is 8.25. The molecular formula is C23H28N2O3. The molecule has 1 aromatic heterocycles. The molecule has 0 spiro atoms. The summed E-state index contributed by atoms with van der Waals surface area (Å²) < 4.78 is 5.14. The summed E-state index contributed by atoms with van der Waals surface area (Å²) in [6, 6.07) is 8.98. The van der Waals surface area contributed by atoms with Crippen LogP contribution in [0.25, 0.3) is 0 Å². The third kappa shape index (κ3) is 4.13. The number of fused-ring (bicyclic) bond motifs is 1. The fraction of sp³-hybridized carbons (Fsp3) is 0.478. The van der Waals surface area contributed by atoms with E-state index in [4.69, 9.17) is 4.42 Å². The quantitative estimate of drug-likeness (QED) is 0.790. The van der Waals surface area contributed by atoms with Crippen LogP contribution in [-0.4, -0.2) is 17.9 Å². The molecule has 2 aliphatic rings. The van der Waals surface area contributed by atoms with Crippen molar-refractivity contribution in [2.75, 3.05) is 5.32 Å². The molecule has 4 rings (SSSR count). The van der Waals surface area contributed by atoms with E-state index in [0.29, 0.717) is 11.3 Å². The molecule has 3 atom stereocenters. The van der Waals surface area contributed by atoms with Crippen LogP contribution in [0.5, 0.6) is 0 Å². The second-order valence-corrected chi connectivity index (χ2v) is 8.25. The van der Waals surface area contributed by atoms with Gasteiger partial charge in [0.15, 0.2) is 5.76 Å². The lowest BCUT2D eigenvalue weighted by molar-refractivity contribution is 0.0878. The lowest BCUT2D eigenvalue weighted by Crippen LogP contribution is -2.41. The Hall–Kier alpha value is -2.56. The van der Waals surface area contributed by atoms with Crippen LogP contribution in [0.15, 0.2) is 41.0 Å². The van der Waals surface area contributed by atoms with E-state index in [2.05, 4.69) is 10.6 Å². The fourth-order valence-corrected chi connectivity index (χ4v) is 4.76. The zero-order chi connectivity index (χ0) is 19.5. The maximum atomic E-state index is 12.8. The van der Waals surface area contributed by atoms with E-state index in [1.807, 2.05) is 19.1 Å². The second kappa shape index (κ2) is 8.21. The maximum absolute atomic E-state index is 12.8. The minimum absolute atomic E-state index is 0.0623. The van der Waals surface area contributed by atoms with Crippen LogP contribution in [0, 0.1) is 18.8 Å². The lowest BCUT2D eigenvalue weighted by atomic mass is 9.69. The summed E-state index contributed by atoms with van der Waals surface area (Å²) in [6.07, 6.45) is 10.2. The molecule has 1 heterocycles. The average molecular weight is 380 g/mol. The molecule has 2 N–H and O–H groups in total. The summed E-state index contributed by atoms with van der Waals surface area (Å²) in [4.78, 5) is 25.1. The van der Waals surface area contributed by atoms with Gasteiger partial charge in [0.05, 0.1) is 6.26 Å². The zero-order valence-corrected chi connectivity index (χ0v) is 16.4. The molecule has 0 aliphatic heterocycles. The minimum Gasteiger partial charge on any atom is -0.459 e. The van der Waals surface area contributed by atoms with Gasteiger partial charge in [0, 0.05) is 17.3 Å². The number of carbonyl (C=O) groups excluding carboxylic acids is 2. The number of furan rings is 1. The van der Waals surface area contributed by atoms with Gasteiger partial charge in [-0.05, 0) is 67.9 Å². The van der Waals surface area contributed by atoms with Gasteiger partial charge in [0.25, 0.3) is 11.8 Å². The van der Waals surface area contributed by atoms with E-state index in [0.717, 1.165) is 30.2 Å². The number of benzene rings is 1. The van der Waals surface area contributed by atoms with Crippen LogP contribution in [0.1, 0.15) is 71.4 Å². The highest BCUT2D eigenvalue weighted by Gasteiger charge is 2.32. The van der Waals surface area contributed by atoms with Crippen LogP contribution in [0.2, 0.25) is 0 Å². The van der Waals surface area contributed by atoms with Crippen molar-refractivity contribution >= 4 is 17.5 Å². The van der Waals surface area contributed by atoms with Crippen LogP contribution in [-0.2, 0) is 0 Å². The summed E-state index contributed by atoms with van der Waals surface area (Å²) in [5.41, 5.74) is 2.11. The third-order valence-corrected chi connectivity index (χ3v) is 6.37. The molecule has 2 amide bonds. The highest BCUT2D eigenvalue weighted by atomic mass is 16.3. The average Bonchev–Trinajstić information content (AvgIpc) is 3.24. The van der Waals surface area contributed by atoms with Gasteiger partial charge >= 0.3 is 0 Å². The number of carbonyl (C=O) groups is 2. The lowest BCUT2D eigenvalue weighted by Gasteiger charge is -2.39. The Labute approximate surface area is 165 Å². The fourth-order valence-electron chi connectivity index (χ4n) is 4.76. The Bertz CT molecular complexity index is 844. The molecule has 5 nitrogen and oxygen atoms in total. The van der Waals surface area contributed by atoms with Gasteiger partial charge in [-0.1, -0.05) is 31.7 Å². The first-order chi connectivity index (χ1) is 13.6. The highest BCUT2D eigenvalue weighted by molar-refractivity contribution is 6.03. The number of hydrogen-bond acceptors (Lipinski definition) is 3. The molecule has 3 unspecified atom stereocenters. The summed E-state index contributed by atoms with van der Waals surface area (Å²) in [5.74, 6) is 1.51. The SMILES string of the molecule is Cc1ccc(C(=O)NC2CCC3CCCCC3C2)cc1NC(=O)c1ccco1. The molecule has 2 aliphatic carbocycles. The molecule has 5 heteroatoms. The molecule has 2 fully saturated rings. The first kappa shape index (κ1) is 18.8. The van der Waals surface area contributed by atoms with Gasteiger partial charge < -0.3 is 15.1 Å². The van der Waals surface area contributed by atoms with Crippen molar-refractivity contribution in [1.82, 2.24) is 5.32 Å². The number of hydrogen-bond donors (Lipinski definition) is 2. The van der Waals surface area contributed by atoms with Crippen molar-refractivity contribution in [2.24, 2.45) is 11.8 Å². The van der Waals surface area contributed by atoms with Gasteiger partial charge in [-0.15, -0.1) is 0 Å². The first-order valence-corrected chi connectivity index (χ1v) is 10.4. The number of rotatable bonds is 4. The van der Waals surface area contributed by atoms with E-state index in [9.17, 15) is 9.59 Å². The Balaban J connectivity index is 1.41. The number of nitrogens with one attached hydrogen (secondary N) is 2. The topological polar surface area (TPSA) is 71.3 Å². The zero-order valence-electron chi connectivity index (χ0n) is 16.4. The third-order valence-electron chi connectivity index (χ3n) is 6.37. The van der Waals surface area contributed by atoms with E-state index < -0.39 is 0 Å². The summed E-state index contributed by atoms with van der Waals surface area (Å²) in [7, 11) is 0.